The van der Waals surface area contributed by atoms with Crippen molar-refractivity contribution in [3.05, 3.63) is 46.8 Å². The van der Waals surface area contributed by atoms with Gasteiger partial charge in [-0.1, -0.05) is 18.2 Å². The number of fused-ring (bicyclic) bond motifs is 5. The van der Waals surface area contributed by atoms with Crippen LogP contribution in [0.5, 0.6) is 0 Å². The van der Waals surface area contributed by atoms with Gasteiger partial charge in [-0.25, -0.2) is 0 Å². The number of hydrogen-bond acceptors (Lipinski definition) is 2. The molecule has 2 nitrogen and oxygen atoms in total. The Labute approximate surface area is 144 Å². The van der Waals surface area contributed by atoms with Crippen LogP contribution in [0.3, 0.4) is 0 Å². The van der Waals surface area contributed by atoms with Gasteiger partial charge in [0.2, 0.25) is 0 Å². The molecule has 2 heteroatoms. The van der Waals surface area contributed by atoms with Crippen molar-refractivity contribution in [3.63, 3.8) is 0 Å². The second-order valence-electron chi connectivity index (χ2n) is 7.69. The lowest BCUT2D eigenvalue weighted by Crippen LogP contribution is -2.34. The maximum absolute atomic E-state index is 5.69. The minimum Gasteiger partial charge on any atom is -0.341 e. The predicted octanol–water partition coefficient (Wildman–Crippen LogP) is 4.24. The van der Waals surface area contributed by atoms with Crippen LogP contribution in [-0.2, 0) is 0 Å². The molecule has 4 atom stereocenters. The van der Waals surface area contributed by atoms with E-state index < -0.39 is 0 Å². The normalized spacial score (nSPS) is 36.2. The van der Waals surface area contributed by atoms with Gasteiger partial charge in [-0.15, -0.1) is 12.3 Å². The summed E-state index contributed by atoms with van der Waals surface area (Å²) >= 11 is 0. The molecule has 0 aromatic rings. The first kappa shape index (κ1) is 14.3. The van der Waals surface area contributed by atoms with E-state index in [0.717, 1.165) is 19.4 Å². The lowest BCUT2D eigenvalue weighted by Gasteiger charge is -2.37. The monoisotopic (exact) mass is 316 g/mol. The molecule has 0 spiro atoms. The van der Waals surface area contributed by atoms with E-state index >= 15 is 0 Å². The number of hydrogen-bond donors (Lipinski definition) is 0. The molecule has 5 aliphatic rings. The SMILES string of the molecule is C#CCC1CC[C@H]2C3=C1CC=C1C=CCCC1N3C1=CC=NC[C@@H]12. The van der Waals surface area contributed by atoms with E-state index in [2.05, 4.69) is 40.1 Å². The van der Waals surface area contributed by atoms with Gasteiger partial charge in [-0.2, -0.15) is 0 Å². The van der Waals surface area contributed by atoms with Crippen molar-refractivity contribution in [3.8, 4) is 12.3 Å². The van der Waals surface area contributed by atoms with Gasteiger partial charge in [0.05, 0.1) is 6.04 Å². The van der Waals surface area contributed by atoms with Crippen molar-refractivity contribution in [1.82, 2.24) is 4.90 Å². The molecule has 0 bridgehead atoms. The van der Waals surface area contributed by atoms with E-state index in [1.54, 1.807) is 11.3 Å². The van der Waals surface area contributed by atoms with Crippen molar-refractivity contribution < 1.29 is 0 Å². The average molecular weight is 316 g/mol. The van der Waals surface area contributed by atoms with E-state index in [1.165, 1.54) is 37.0 Å². The smallest absolute Gasteiger partial charge is 0.0585 e. The topological polar surface area (TPSA) is 15.6 Å². The summed E-state index contributed by atoms with van der Waals surface area (Å²) in [5.41, 5.74) is 6.31. The number of dihydropyridines is 1. The molecule has 0 amide bonds. The lowest BCUT2D eigenvalue weighted by molar-refractivity contribution is 0.319. The molecule has 3 aliphatic heterocycles. The van der Waals surface area contributed by atoms with Crippen molar-refractivity contribution >= 4 is 6.21 Å². The predicted molar refractivity (Wildman–Crippen MR) is 98.3 cm³/mol. The number of rotatable bonds is 1. The Morgan fingerprint density at radius 1 is 1.25 bits per heavy atom. The quantitative estimate of drug-likeness (QED) is 0.661. The molecule has 2 unspecified atom stereocenters. The zero-order valence-electron chi connectivity index (χ0n) is 14.1. The van der Waals surface area contributed by atoms with Gasteiger partial charge >= 0.3 is 0 Å². The molecule has 24 heavy (non-hydrogen) atoms. The highest BCUT2D eigenvalue weighted by molar-refractivity contribution is 5.74. The summed E-state index contributed by atoms with van der Waals surface area (Å²) in [6.07, 6.45) is 24.1. The van der Waals surface area contributed by atoms with Crippen LogP contribution in [-0.4, -0.2) is 23.7 Å². The van der Waals surface area contributed by atoms with Gasteiger partial charge < -0.3 is 4.90 Å². The summed E-state index contributed by atoms with van der Waals surface area (Å²) in [5.74, 6) is 4.77. The second-order valence-corrected chi connectivity index (χ2v) is 7.69. The highest BCUT2D eigenvalue weighted by Crippen LogP contribution is 2.55. The highest BCUT2D eigenvalue weighted by atomic mass is 15.2. The minimum atomic E-state index is 0.525. The molecular weight excluding hydrogens is 292 g/mol. The standard InChI is InChI=1S/C22H24N2/c1-2-5-15-8-11-18-19-14-23-13-12-21(19)24-20-7-4-3-6-16(20)9-10-17(15)22(18)24/h1,3,6,9,12-13,15,18-20H,4-5,7-8,10-11,14H2/t15?,18-,19-,20?/m1/s1. The molecule has 0 saturated carbocycles. The first-order chi connectivity index (χ1) is 11.9. The van der Waals surface area contributed by atoms with Crippen LogP contribution < -0.4 is 0 Å². The first-order valence-corrected chi connectivity index (χ1v) is 9.40. The molecule has 0 N–H and O–H groups in total. The minimum absolute atomic E-state index is 0.525. The maximum atomic E-state index is 5.69. The summed E-state index contributed by atoms with van der Waals surface area (Å²) in [6.45, 7) is 0.963. The Morgan fingerprint density at radius 3 is 3.12 bits per heavy atom. The summed E-state index contributed by atoms with van der Waals surface area (Å²) in [5, 5.41) is 0. The van der Waals surface area contributed by atoms with Crippen LogP contribution >= 0.6 is 0 Å². The van der Waals surface area contributed by atoms with E-state index in [0.29, 0.717) is 23.8 Å². The molecule has 0 aromatic heterocycles. The highest BCUT2D eigenvalue weighted by Gasteiger charge is 2.49. The second kappa shape index (κ2) is 5.52. The Balaban J connectivity index is 1.69. The number of aliphatic imine (C=N–C) groups is 1. The average Bonchev–Trinajstić information content (AvgIpc) is 2.85. The Morgan fingerprint density at radius 2 is 2.21 bits per heavy atom. The summed E-state index contributed by atoms with van der Waals surface area (Å²) < 4.78 is 0. The molecular formula is C22H24N2. The molecule has 1 saturated heterocycles. The van der Waals surface area contributed by atoms with Crippen molar-refractivity contribution in [2.24, 2.45) is 22.7 Å². The molecule has 0 aromatic carbocycles. The summed E-state index contributed by atoms with van der Waals surface area (Å²) in [4.78, 5) is 7.32. The third-order valence-electron chi connectivity index (χ3n) is 6.59. The van der Waals surface area contributed by atoms with Crippen LogP contribution in [0.15, 0.2) is 51.8 Å². The third-order valence-corrected chi connectivity index (χ3v) is 6.59. The van der Waals surface area contributed by atoms with E-state index in [9.17, 15) is 0 Å². The summed E-state index contributed by atoms with van der Waals surface area (Å²) in [6, 6.07) is 0.525. The molecule has 0 radical (unpaired) electrons. The van der Waals surface area contributed by atoms with E-state index in [1.807, 2.05) is 6.21 Å². The molecule has 5 rings (SSSR count). The van der Waals surface area contributed by atoms with Crippen LogP contribution in [0, 0.1) is 30.1 Å². The number of terminal acetylenes is 1. The summed E-state index contributed by atoms with van der Waals surface area (Å²) in [7, 11) is 0. The third kappa shape index (κ3) is 1.94. The number of nitrogens with zero attached hydrogens (tertiary/aromatic N) is 2. The molecule has 2 aliphatic carbocycles. The van der Waals surface area contributed by atoms with E-state index in [4.69, 9.17) is 6.42 Å². The van der Waals surface area contributed by atoms with Gasteiger partial charge in [0.1, 0.15) is 0 Å². The molecule has 3 heterocycles. The zero-order valence-corrected chi connectivity index (χ0v) is 14.1. The largest absolute Gasteiger partial charge is 0.341 e. The van der Waals surface area contributed by atoms with Crippen molar-refractivity contribution in [2.75, 3.05) is 6.54 Å². The number of allylic oxidation sites excluding steroid dienone is 5. The Kier molecular flexibility index (Phi) is 3.30. The molecule has 1 fully saturated rings. The fourth-order valence-electron chi connectivity index (χ4n) is 5.56. The Hall–Kier alpha value is -2.01. The van der Waals surface area contributed by atoms with Crippen LogP contribution in [0.2, 0.25) is 0 Å². The van der Waals surface area contributed by atoms with Gasteiger partial charge in [0.15, 0.2) is 0 Å². The van der Waals surface area contributed by atoms with Crippen LogP contribution in [0.25, 0.3) is 0 Å². The zero-order chi connectivity index (χ0) is 16.1. The van der Waals surface area contributed by atoms with Gasteiger partial charge in [-0.05, 0) is 55.2 Å². The maximum Gasteiger partial charge on any atom is 0.0585 e. The van der Waals surface area contributed by atoms with Crippen LogP contribution in [0.4, 0.5) is 0 Å². The lowest BCUT2D eigenvalue weighted by atomic mass is 9.74. The first-order valence-electron chi connectivity index (χ1n) is 9.40. The molecule has 122 valence electrons. The Bertz CT molecular complexity index is 755. The fourth-order valence-corrected chi connectivity index (χ4v) is 5.56. The fraction of sp³-hybridized carbons (Fsp3) is 0.500. The van der Waals surface area contributed by atoms with Gasteiger partial charge in [-0.3, -0.25) is 4.99 Å². The van der Waals surface area contributed by atoms with Crippen molar-refractivity contribution in [2.45, 2.75) is 44.6 Å². The van der Waals surface area contributed by atoms with E-state index in [-0.39, 0.29) is 0 Å². The van der Waals surface area contributed by atoms with Crippen LogP contribution in [0.1, 0.15) is 38.5 Å². The van der Waals surface area contributed by atoms with Gasteiger partial charge in [0, 0.05) is 42.4 Å². The van der Waals surface area contributed by atoms with Gasteiger partial charge in [0.25, 0.3) is 0 Å². The van der Waals surface area contributed by atoms with Crippen molar-refractivity contribution in [1.29, 1.82) is 0 Å².